The van der Waals surface area contributed by atoms with Crippen LogP contribution in [0, 0.1) is 17.3 Å². The summed E-state index contributed by atoms with van der Waals surface area (Å²) in [6, 6.07) is 10.1. The zero-order valence-electron chi connectivity index (χ0n) is 16.4. The quantitative estimate of drug-likeness (QED) is 0.204. The first-order valence-corrected chi connectivity index (χ1v) is 11.6. The van der Waals surface area contributed by atoms with Crippen LogP contribution in [-0.4, -0.2) is 54.8 Å². The number of hydrogen-bond acceptors (Lipinski definition) is 7. The average molecular weight is 650 g/mol. The molecule has 0 saturated carbocycles. The highest BCUT2D eigenvalue weighted by Gasteiger charge is 2.14. The fourth-order valence-electron chi connectivity index (χ4n) is 2.84. The molecule has 1 aliphatic heterocycles. The number of nitrogens with zero attached hydrogens (tertiary/aromatic N) is 3. The van der Waals surface area contributed by atoms with Crippen molar-refractivity contribution in [2.75, 3.05) is 32.8 Å². The Morgan fingerprint density at radius 1 is 1.23 bits per heavy atom. The van der Waals surface area contributed by atoms with Crippen molar-refractivity contribution in [3.05, 3.63) is 64.8 Å². The molecule has 0 unspecified atom stereocenters. The van der Waals surface area contributed by atoms with E-state index in [4.69, 9.17) is 9.47 Å². The van der Waals surface area contributed by atoms with Gasteiger partial charge in [0, 0.05) is 25.2 Å². The minimum atomic E-state index is -0.429. The number of non-ortho nitro benzene ring substituents is 1. The predicted molar refractivity (Wildman–Crippen MR) is 132 cm³/mol. The van der Waals surface area contributed by atoms with E-state index in [-0.39, 0.29) is 11.6 Å². The summed E-state index contributed by atoms with van der Waals surface area (Å²) in [5.41, 5.74) is 4.28. The lowest BCUT2D eigenvalue weighted by Crippen LogP contribution is -2.42. The van der Waals surface area contributed by atoms with E-state index in [9.17, 15) is 14.9 Å². The van der Waals surface area contributed by atoms with Gasteiger partial charge in [-0.1, -0.05) is 0 Å². The van der Waals surface area contributed by atoms with Crippen LogP contribution in [0.15, 0.2) is 41.5 Å². The molecule has 164 valence electrons. The van der Waals surface area contributed by atoms with Gasteiger partial charge in [0.1, 0.15) is 12.4 Å². The van der Waals surface area contributed by atoms with Crippen molar-refractivity contribution in [3.8, 4) is 5.75 Å². The maximum absolute atomic E-state index is 12.0. The lowest BCUT2D eigenvalue weighted by Gasteiger charge is -2.25. The number of halogens is 2. The molecule has 31 heavy (non-hydrogen) atoms. The van der Waals surface area contributed by atoms with Crippen LogP contribution in [0.5, 0.6) is 5.75 Å². The van der Waals surface area contributed by atoms with Crippen LogP contribution in [0.1, 0.15) is 11.1 Å². The number of ether oxygens (including phenoxy) is 2. The van der Waals surface area contributed by atoms with Gasteiger partial charge in [0.15, 0.2) is 0 Å². The molecule has 0 bridgehead atoms. The van der Waals surface area contributed by atoms with Gasteiger partial charge >= 0.3 is 0 Å². The third kappa shape index (κ3) is 7.36. The average Bonchev–Trinajstić information content (AvgIpc) is 2.74. The molecule has 1 N–H and O–H groups in total. The summed E-state index contributed by atoms with van der Waals surface area (Å²) in [6.45, 7) is 3.38. The standard InChI is InChI=1S/C20H20I2N4O5/c21-17-9-15(11-23-24-19(27)12-25-5-7-30-8-6-25)10-18(22)20(17)31-13-14-1-3-16(4-2-14)26(28)29/h1-4,9-11H,5-8,12-13H2,(H,24,27)/b23-11+. The Morgan fingerprint density at radius 3 is 2.48 bits per heavy atom. The van der Waals surface area contributed by atoms with Gasteiger partial charge in [-0.25, -0.2) is 5.43 Å². The van der Waals surface area contributed by atoms with Crippen LogP contribution in [0.25, 0.3) is 0 Å². The Morgan fingerprint density at radius 2 is 1.87 bits per heavy atom. The molecule has 2 aromatic rings. The van der Waals surface area contributed by atoms with Crippen molar-refractivity contribution in [1.82, 2.24) is 10.3 Å². The molecular weight excluding hydrogens is 630 g/mol. The molecule has 1 aliphatic rings. The normalized spacial score (nSPS) is 14.5. The van der Waals surface area contributed by atoms with E-state index in [0.717, 1.165) is 37.1 Å². The Bertz CT molecular complexity index is 940. The van der Waals surface area contributed by atoms with Crippen molar-refractivity contribution in [2.45, 2.75) is 6.61 Å². The van der Waals surface area contributed by atoms with Crippen molar-refractivity contribution < 1.29 is 19.2 Å². The summed E-state index contributed by atoms with van der Waals surface area (Å²) >= 11 is 4.37. The van der Waals surface area contributed by atoms with Gasteiger partial charge < -0.3 is 9.47 Å². The number of nitrogens with one attached hydrogen (secondary N) is 1. The molecule has 1 fully saturated rings. The number of hydrogen-bond donors (Lipinski definition) is 1. The summed E-state index contributed by atoms with van der Waals surface area (Å²) in [5, 5.41) is 14.8. The van der Waals surface area contributed by atoms with E-state index in [1.165, 1.54) is 12.1 Å². The SMILES string of the molecule is O=C(CN1CCOCC1)N/N=C/c1cc(I)c(OCc2ccc([N+](=O)[O-])cc2)c(I)c1. The Kier molecular flexibility index (Phi) is 8.98. The molecule has 2 aromatic carbocycles. The number of carbonyl (C=O) groups is 1. The number of nitro benzene ring substituents is 1. The van der Waals surface area contributed by atoms with Crippen LogP contribution in [0.2, 0.25) is 0 Å². The van der Waals surface area contributed by atoms with Gasteiger partial charge in [-0.3, -0.25) is 19.8 Å². The first kappa shape index (κ1) is 23.8. The number of benzene rings is 2. The Labute approximate surface area is 206 Å². The van der Waals surface area contributed by atoms with E-state index in [0.29, 0.717) is 26.4 Å². The highest BCUT2D eigenvalue weighted by Crippen LogP contribution is 2.29. The molecule has 11 heteroatoms. The number of hydrazone groups is 1. The first-order valence-electron chi connectivity index (χ1n) is 9.39. The predicted octanol–water partition coefficient (Wildman–Crippen LogP) is 3.17. The van der Waals surface area contributed by atoms with Crippen molar-refractivity contribution in [1.29, 1.82) is 0 Å². The number of amides is 1. The lowest BCUT2D eigenvalue weighted by molar-refractivity contribution is -0.384. The fourth-order valence-corrected chi connectivity index (χ4v) is 4.97. The zero-order valence-corrected chi connectivity index (χ0v) is 20.7. The second-order valence-electron chi connectivity index (χ2n) is 6.71. The first-order chi connectivity index (χ1) is 14.9. The van der Waals surface area contributed by atoms with Gasteiger partial charge in [0.2, 0.25) is 0 Å². The van der Waals surface area contributed by atoms with E-state index in [2.05, 4.69) is 55.7 Å². The van der Waals surface area contributed by atoms with Crippen molar-refractivity contribution in [3.63, 3.8) is 0 Å². The van der Waals surface area contributed by atoms with Gasteiger partial charge in [0.25, 0.3) is 11.6 Å². The lowest BCUT2D eigenvalue weighted by atomic mass is 10.2. The second-order valence-corrected chi connectivity index (χ2v) is 9.03. The maximum Gasteiger partial charge on any atom is 0.269 e. The highest BCUT2D eigenvalue weighted by atomic mass is 127. The monoisotopic (exact) mass is 650 g/mol. The van der Waals surface area contributed by atoms with Gasteiger partial charge in [0.05, 0.1) is 38.0 Å². The van der Waals surface area contributed by atoms with Crippen LogP contribution in [-0.2, 0) is 16.1 Å². The Hall–Kier alpha value is -1.84. The van der Waals surface area contributed by atoms with Gasteiger partial charge in [-0.15, -0.1) is 0 Å². The zero-order chi connectivity index (χ0) is 22.2. The molecule has 1 heterocycles. The highest BCUT2D eigenvalue weighted by molar-refractivity contribution is 14.1. The maximum atomic E-state index is 12.0. The van der Waals surface area contributed by atoms with Crippen molar-refractivity contribution >= 4 is 63.0 Å². The second kappa shape index (κ2) is 11.7. The van der Waals surface area contributed by atoms with Crippen LogP contribution >= 0.6 is 45.2 Å². The number of rotatable bonds is 8. The largest absolute Gasteiger partial charge is 0.487 e. The number of nitro groups is 1. The molecule has 1 amide bonds. The third-order valence-electron chi connectivity index (χ3n) is 4.42. The molecule has 3 rings (SSSR count). The van der Waals surface area contributed by atoms with Crippen molar-refractivity contribution in [2.24, 2.45) is 5.10 Å². The summed E-state index contributed by atoms with van der Waals surface area (Å²) in [6.07, 6.45) is 1.60. The topological polar surface area (TPSA) is 106 Å². The van der Waals surface area contributed by atoms with E-state index >= 15 is 0 Å². The van der Waals surface area contributed by atoms with Crippen LogP contribution < -0.4 is 10.2 Å². The van der Waals surface area contributed by atoms with Gasteiger partial charge in [-0.2, -0.15) is 5.10 Å². The van der Waals surface area contributed by atoms with E-state index < -0.39 is 4.92 Å². The summed E-state index contributed by atoms with van der Waals surface area (Å²) in [7, 11) is 0. The van der Waals surface area contributed by atoms with Gasteiger partial charge in [-0.05, 0) is 80.6 Å². The molecular formula is C20H20I2N4O5. The third-order valence-corrected chi connectivity index (χ3v) is 6.03. The number of carbonyl (C=O) groups excluding carboxylic acids is 1. The minimum Gasteiger partial charge on any atom is -0.487 e. The minimum absolute atomic E-state index is 0.0496. The smallest absolute Gasteiger partial charge is 0.269 e. The molecule has 1 saturated heterocycles. The number of morpholine rings is 1. The molecule has 9 nitrogen and oxygen atoms in total. The van der Waals surface area contributed by atoms with E-state index in [1.54, 1.807) is 18.3 Å². The molecule has 0 aromatic heterocycles. The van der Waals surface area contributed by atoms with Crippen LogP contribution in [0.3, 0.4) is 0 Å². The molecule has 0 atom stereocenters. The summed E-state index contributed by atoms with van der Waals surface area (Å²) in [5.74, 6) is 0.568. The summed E-state index contributed by atoms with van der Waals surface area (Å²) < 4.78 is 13.0. The summed E-state index contributed by atoms with van der Waals surface area (Å²) in [4.78, 5) is 24.3. The Balaban J connectivity index is 1.54. The molecule has 0 aliphatic carbocycles. The van der Waals surface area contributed by atoms with Crippen LogP contribution in [0.4, 0.5) is 5.69 Å². The van der Waals surface area contributed by atoms with E-state index in [1.807, 2.05) is 17.0 Å². The fraction of sp³-hybridized carbons (Fsp3) is 0.300. The molecule has 0 spiro atoms. The molecule has 0 radical (unpaired) electrons.